The minimum absolute atomic E-state index is 0.858. The van der Waals surface area contributed by atoms with Gasteiger partial charge in [-0.15, -0.1) is 10.2 Å². The normalized spacial score (nSPS) is 10.8. The van der Waals surface area contributed by atoms with Gasteiger partial charge in [-0.25, -0.2) is 0 Å². The number of rotatable bonds is 2. The molecule has 0 amide bonds. The molecule has 100 valence electrons. The average Bonchev–Trinajstić information content (AvgIpc) is 2.81. The van der Waals surface area contributed by atoms with Crippen LogP contribution in [-0.2, 0) is 0 Å². The van der Waals surface area contributed by atoms with E-state index in [9.17, 15) is 0 Å². The van der Waals surface area contributed by atoms with Crippen LogP contribution in [0.4, 0.5) is 0 Å². The van der Waals surface area contributed by atoms with E-state index in [1.54, 1.807) is 0 Å². The Kier molecular flexibility index (Phi) is 3.89. The smallest absolute Gasteiger partial charge is 0.168 e. The van der Waals surface area contributed by atoms with E-state index >= 15 is 0 Å². The molecule has 3 nitrogen and oxygen atoms in total. The first-order valence-corrected chi connectivity index (χ1v) is 7.96. The molecule has 0 saturated heterocycles. The topological polar surface area (TPSA) is 30.7 Å². The van der Waals surface area contributed by atoms with Crippen molar-refractivity contribution in [3.63, 3.8) is 0 Å². The molecule has 0 saturated carbocycles. The summed E-state index contributed by atoms with van der Waals surface area (Å²) in [4.78, 5) is 0. The summed E-state index contributed by atoms with van der Waals surface area (Å²) in [5, 5.41) is 8.54. The summed E-state index contributed by atoms with van der Waals surface area (Å²) in [5.41, 5.74) is 2.13. The molecule has 0 fully saturated rings. The SMILES string of the molecule is Cc1nnc(-c2ccc(Br)cc2)n1-c1cccc(I)c1. The number of hydrogen-bond acceptors (Lipinski definition) is 2. The second kappa shape index (κ2) is 5.65. The molecule has 20 heavy (non-hydrogen) atoms. The molecular weight excluding hydrogens is 429 g/mol. The monoisotopic (exact) mass is 439 g/mol. The molecule has 5 heteroatoms. The van der Waals surface area contributed by atoms with Gasteiger partial charge in [-0.1, -0.05) is 34.1 Å². The first-order valence-electron chi connectivity index (χ1n) is 6.09. The van der Waals surface area contributed by atoms with Crippen LogP contribution in [0.25, 0.3) is 17.1 Å². The lowest BCUT2D eigenvalue weighted by molar-refractivity contribution is 0.971. The van der Waals surface area contributed by atoms with Crippen LogP contribution in [0.2, 0.25) is 0 Å². The number of aromatic nitrogens is 3. The summed E-state index contributed by atoms with van der Waals surface area (Å²) < 4.78 is 4.32. The highest BCUT2D eigenvalue weighted by molar-refractivity contribution is 14.1. The molecule has 0 N–H and O–H groups in total. The molecule has 1 heterocycles. The van der Waals surface area contributed by atoms with Gasteiger partial charge in [-0.2, -0.15) is 0 Å². The second-order valence-electron chi connectivity index (χ2n) is 4.39. The van der Waals surface area contributed by atoms with E-state index in [1.807, 2.05) is 37.3 Å². The van der Waals surface area contributed by atoms with Gasteiger partial charge in [0, 0.05) is 19.3 Å². The van der Waals surface area contributed by atoms with Crippen LogP contribution < -0.4 is 0 Å². The third-order valence-corrected chi connectivity index (χ3v) is 4.19. The van der Waals surface area contributed by atoms with Crippen molar-refractivity contribution < 1.29 is 0 Å². The number of aryl methyl sites for hydroxylation is 1. The average molecular weight is 440 g/mol. The van der Waals surface area contributed by atoms with E-state index in [1.165, 1.54) is 3.57 Å². The predicted octanol–water partition coefficient (Wildman–Crippen LogP) is 4.61. The van der Waals surface area contributed by atoms with Crippen molar-refractivity contribution in [2.75, 3.05) is 0 Å². The molecule has 0 aliphatic rings. The second-order valence-corrected chi connectivity index (χ2v) is 6.55. The largest absolute Gasteiger partial charge is 0.279 e. The lowest BCUT2D eigenvalue weighted by Gasteiger charge is -2.09. The molecule has 0 bridgehead atoms. The highest BCUT2D eigenvalue weighted by Crippen LogP contribution is 2.24. The Morgan fingerprint density at radius 2 is 1.80 bits per heavy atom. The molecule has 0 aliphatic heterocycles. The van der Waals surface area contributed by atoms with Gasteiger partial charge in [0.1, 0.15) is 5.82 Å². The summed E-state index contributed by atoms with van der Waals surface area (Å²) in [6, 6.07) is 16.4. The van der Waals surface area contributed by atoms with E-state index in [-0.39, 0.29) is 0 Å². The standard InChI is InChI=1S/C15H11BrIN3/c1-10-18-19-15(11-5-7-12(16)8-6-11)20(10)14-4-2-3-13(17)9-14/h2-9H,1H3. The quantitative estimate of drug-likeness (QED) is 0.546. The number of halogens is 2. The Balaban J connectivity index is 2.17. The minimum atomic E-state index is 0.858. The van der Waals surface area contributed by atoms with Crippen LogP contribution in [0.15, 0.2) is 53.0 Å². The summed E-state index contributed by atoms with van der Waals surface area (Å²) in [6.07, 6.45) is 0. The van der Waals surface area contributed by atoms with Crippen molar-refractivity contribution in [1.29, 1.82) is 0 Å². The van der Waals surface area contributed by atoms with Crippen molar-refractivity contribution in [1.82, 2.24) is 14.8 Å². The first-order chi connectivity index (χ1) is 9.65. The van der Waals surface area contributed by atoms with E-state index in [0.717, 1.165) is 27.4 Å². The van der Waals surface area contributed by atoms with Crippen molar-refractivity contribution in [2.24, 2.45) is 0 Å². The maximum absolute atomic E-state index is 4.32. The first kappa shape index (κ1) is 13.8. The Morgan fingerprint density at radius 3 is 2.50 bits per heavy atom. The van der Waals surface area contributed by atoms with E-state index < -0.39 is 0 Å². The van der Waals surface area contributed by atoms with Gasteiger partial charge >= 0.3 is 0 Å². The summed E-state index contributed by atoms with van der Waals surface area (Å²) in [5.74, 6) is 1.74. The fourth-order valence-electron chi connectivity index (χ4n) is 2.07. The van der Waals surface area contributed by atoms with Gasteiger partial charge in [0.25, 0.3) is 0 Å². The van der Waals surface area contributed by atoms with Gasteiger partial charge in [0.05, 0.1) is 0 Å². The van der Waals surface area contributed by atoms with Crippen molar-refractivity contribution >= 4 is 38.5 Å². The van der Waals surface area contributed by atoms with Crippen LogP contribution >= 0.6 is 38.5 Å². The fourth-order valence-corrected chi connectivity index (χ4v) is 2.86. The molecule has 1 aromatic heterocycles. The molecule has 0 radical (unpaired) electrons. The fraction of sp³-hybridized carbons (Fsp3) is 0.0667. The molecular formula is C15H11BrIN3. The molecule has 0 atom stereocenters. The molecule has 3 aromatic rings. The Bertz CT molecular complexity index is 750. The summed E-state index contributed by atoms with van der Waals surface area (Å²) in [6.45, 7) is 1.97. The molecule has 0 aliphatic carbocycles. The van der Waals surface area contributed by atoms with Crippen LogP contribution in [0, 0.1) is 10.5 Å². The van der Waals surface area contributed by atoms with Crippen LogP contribution in [0.5, 0.6) is 0 Å². The zero-order chi connectivity index (χ0) is 14.1. The Hall–Kier alpha value is -1.21. The number of benzene rings is 2. The van der Waals surface area contributed by atoms with Crippen LogP contribution in [-0.4, -0.2) is 14.8 Å². The lowest BCUT2D eigenvalue weighted by atomic mass is 10.2. The highest BCUT2D eigenvalue weighted by Gasteiger charge is 2.12. The summed E-state index contributed by atoms with van der Waals surface area (Å²) >= 11 is 5.76. The van der Waals surface area contributed by atoms with E-state index in [0.29, 0.717) is 0 Å². The lowest BCUT2D eigenvalue weighted by Crippen LogP contribution is -2.00. The molecule has 3 rings (SSSR count). The molecule has 0 spiro atoms. The van der Waals surface area contributed by atoms with Crippen molar-refractivity contribution in [3.05, 3.63) is 62.4 Å². The zero-order valence-electron chi connectivity index (χ0n) is 10.7. The van der Waals surface area contributed by atoms with Crippen molar-refractivity contribution in [2.45, 2.75) is 6.92 Å². The van der Waals surface area contributed by atoms with Gasteiger partial charge in [-0.05, 0) is 59.8 Å². The van der Waals surface area contributed by atoms with Crippen LogP contribution in [0.1, 0.15) is 5.82 Å². The van der Waals surface area contributed by atoms with E-state index in [4.69, 9.17) is 0 Å². The third-order valence-electron chi connectivity index (χ3n) is 2.99. The van der Waals surface area contributed by atoms with E-state index in [2.05, 4.69) is 71.5 Å². The van der Waals surface area contributed by atoms with Gasteiger partial charge < -0.3 is 0 Å². The van der Waals surface area contributed by atoms with Crippen molar-refractivity contribution in [3.8, 4) is 17.1 Å². The van der Waals surface area contributed by atoms with Gasteiger partial charge in [0.2, 0.25) is 0 Å². The summed E-state index contributed by atoms with van der Waals surface area (Å²) in [7, 11) is 0. The number of hydrogen-bond donors (Lipinski definition) is 0. The minimum Gasteiger partial charge on any atom is -0.279 e. The highest BCUT2D eigenvalue weighted by atomic mass is 127. The van der Waals surface area contributed by atoms with Crippen LogP contribution in [0.3, 0.4) is 0 Å². The molecule has 2 aromatic carbocycles. The molecule has 0 unspecified atom stereocenters. The Labute approximate surface area is 139 Å². The number of nitrogens with zero attached hydrogens (tertiary/aromatic N) is 3. The Morgan fingerprint density at radius 1 is 1.05 bits per heavy atom. The predicted molar refractivity (Wildman–Crippen MR) is 91.9 cm³/mol. The third kappa shape index (κ3) is 2.64. The van der Waals surface area contributed by atoms with Gasteiger partial charge in [-0.3, -0.25) is 4.57 Å². The zero-order valence-corrected chi connectivity index (χ0v) is 14.5. The van der Waals surface area contributed by atoms with Gasteiger partial charge in [0.15, 0.2) is 5.82 Å². The maximum Gasteiger partial charge on any atom is 0.168 e. The maximum atomic E-state index is 4.32.